The molecule has 176 valence electrons. The first-order chi connectivity index (χ1) is 15.0. The maximum absolute atomic E-state index is 13.0. The Labute approximate surface area is 190 Å². The van der Waals surface area contributed by atoms with Gasteiger partial charge in [-0.15, -0.1) is 0 Å². The minimum absolute atomic E-state index is 0.0986. The summed E-state index contributed by atoms with van der Waals surface area (Å²) in [6.45, 7) is 6.12. The highest BCUT2D eigenvalue weighted by Crippen LogP contribution is 2.45. The van der Waals surface area contributed by atoms with Gasteiger partial charge in [0.25, 0.3) is 5.91 Å². The van der Waals surface area contributed by atoms with E-state index in [-0.39, 0.29) is 28.5 Å². The summed E-state index contributed by atoms with van der Waals surface area (Å²) in [7, 11) is -3.52. The molecule has 2 aliphatic rings. The first-order valence-corrected chi connectivity index (χ1v) is 12.8. The largest absolute Gasteiger partial charge is 0.354 e. The van der Waals surface area contributed by atoms with Gasteiger partial charge in [0.2, 0.25) is 5.91 Å². The molecule has 0 radical (unpaired) electrons. The quantitative estimate of drug-likeness (QED) is 0.575. The molecule has 8 nitrogen and oxygen atoms in total. The molecule has 1 aliphatic heterocycles. The monoisotopic (exact) mass is 463 g/mol. The van der Waals surface area contributed by atoms with Crippen LogP contribution in [0.5, 0.6) is 0 Å². The Balaban J connectivity index is 1.53. The molecule has 4 amide bonds. The van der Waals surface area contributed by atoms with Gasteiger partial charge in [0.15, 0.2) is 9.84 Å². The second-order valence-electron chi connectivity index (χ2n) is 9.50. The van der Waals surface area contributed by atoms with Crippen molar-refractivity contribution >= 4 is 27.7 Å². The van der Waals surface area contributed by atoms with Crippen LogP contribution >= 0.6 is 0 Å². The van der Waals surface area contributed by atoms with Gasteiger partial charge in [-0.1, -0.05) is 45.4 Å². The zero-order chi connectivity index (χ0) is 23.6. The SMILES string of the molecule is CCC(C)(C)C1CCC2(CC1)NC(=O)N(CC(=O)NCCS(=O)(=O)c1ccccc1)C2=O. The Bertz CT molecular complexity index is 967. The first kappa shape index (κ1) is 24.2. The summed E-state index contributed by atoms with van der Waals surface area (Å²) >= 11 is 0. The van der Waals surface area contributed by atoms with Crippen molar-refractivity contribution in [1.29, 1.82) is 0 Å². The van der Waals surface area contributed by atoms with E-state index in [1.807, 2.05) is 0 Å². The standard InChI is InChI=1S/C23H33N3O5S/c1-4-22(2,3)17-10-12-23(13-11-17)20(28)26(21(29)25-23)16-19(27)24-14-15-32(30,31)18-8-6-5-7-9-18/h5-9,17H,4,10-16H2,1-3H3,(H,24,27)(H,25,29). The van der Waals surface area contributed by atoms with Gasteiger partial charge < -0.3 is 10.6 Å². The van der Waals surface area contributed by atoms with Crippen LogP contribution in [0.3, 0.4) is 0 Å². The molecule has 1 aromatic rings. The molecule has 9 heteroatoms. The van der Waals surface area contributed by atoms with Crippen LogP contribution in [0.4, 0.5) is 4.79 Å². The van der Waals surface area contributed by atoms with Gasteiger partial charge in [0, 0.05) is 6.54 Å². The van der Waals surface area contributed by atoms with Crippen molar-refractivity contribution in [2.24, 2.45) is 11.3 Å². The second-order valence-corrected chi connectivity index (χ2v) is 11.6. The van der Waals surface area contributed by atoms with Gasteiger partial charge >= 0.3 is 6.03 Å². The Hall–Kier alpha value is -2.42. The topological polar surface area (TPSA) is 113 Å². The molecule has 1 heterocycles. The van der Waals surface area contributed by atoms with E-state index in [2.05, 4.69) is 31.4 Å². The summed E-state index contributed by atoms with van der Waals surface area (Å²) in [4.78, 5) is 39.0. The summed E-state index contributed by atoms with van der Waals surface area (Å²) in [6, 6.07) is 7.43. The zero-order valence-corrected chi connectivity index (χ0v) is 19.8. The number of amides is 4. The first-order valence-electron chi connectivity index (χ1n) is 11.2. The lowest BCUT2D eigenvalue weighted by atomic mass is 9.65. The van der Waals surface area contributed by atoms with E-state index in [0.29, 0.717) is 18.8 Å². The van der Waals surface area contributed by atoms with E-state index >= 15 is 0 Å². The average Bonchev–Trinajstić information content (AvgIpc) is 2.98. The molecule has 0 aromatic heterocycles. The number of hydrogen-bond donors (Lipinski definition) is 2. The predicted molar refractivity (Wildman–Crippen MR) is 121 cm³/mol. The predicted octanol–water partition coefficient (Wildman–Crippen LogP) is 2.49. The third-order valence-electron chi connectivity index (χ3n) is 7.20. The van der Waals surface area contributed by atoms with Crippen LogP contribution in [0, 0.1) is 11.3 Å². The number of rotatable bonds is 8. The van der Waals surface area contributed by atoms with Crippen molar-refractivity contribution in [3.05, 3.63) is 30.3 Å². The average molecular weight is 464 g/mol. The summed E-state index contributed by atoms with van der Waals surface area (Å²) < 4.78 is 24.6. The van der Waals surface area contributed by atoms with Crippen molar-refractivity contribution < 1.29 is 22.8 Å². The number of nitrogens with zero attached hydrogens (tertiary/aromatic N) is 1. The number of imide groups is 1. The lowest BCUT2D eigenvalue weighted by Crippen LogP contribution is -2.51. The number of nitrogens with one attached hydrogen (secondary N) is 2. The molecule has 32 heavy (non-hydrogen) atoms. The molecule has 0 unspecified atom stereocenters. The van der Waals surface area contributed by atoms with Gasteiger partial charge in [-0.05, 0) is 49.1 Å². The van der Waals surface area contributed by atoms with Gasteiger partial charge in [-0.25, -0.2) is 13.2 Å². The lowest BCUT2D eigenvalue weighted by molar-refractivity contribution is -0.136. The van der Waals surface area contributed by atoms with Gasteiger partial charge in [-0.3, -0.25) is 14.5 Å². The Morgan fingerprint density at radius 3 is 2.41 bits per heavy atom. The number of urea groups is 1. The van der Waals surface area contributed by atoms with E-state index in [0.717, 1.165) is 24.2 Å². The molecule has 0 atom stereocenters. The summed E-state index contributed by atoms with van der Waals surface area (Å²) in [5.74, 6) is -0.690. The van der Waals surface area contributed by atoms with Crippen LogP contribution in [-0.2, 0) is 19.4 Å². The molecule has 1 aromatic carbocycles. The normalized spacial score (nSPS) is 24.0. The number of sulfone groups is 1. The molecule has 1 saturated carbocycles. The van der Waals surface area contributed by atoms with Crippen LogP contribution in [0.25, 0.3) is 0 Å². The van der Waals surface area contributed by atoms with Gasteiger partial charge in [0.05, 0.1) is 10.6 Å². The van der Waals surface area contributed by atoms with E-state index in [4.69, 9.17) is 0 Å². The van der Waals surface area contributed by atoms with E-state index in [1.54, 1.807) is 18.2 Å². The van der Waals surface area contributed by atoms with Crippen LogP contribution in [0.2, 0.25) is 0 Å². The van der Waals surface area contributed by atoms with Crippen LogP contribution in [0.1, 0.15) is 52.9 Å². The highest BCUT2D eigenvalue weighted by Gasteiger charge is 2.53. The summed E-state index contributed by atoms with van der Waals surface area (Å²) in [6.07, 6.45) is 3.89. The van der Waals surface area contributed by atoms with Crippen molar-refractivity contribution in [2.45, 2.75) is 63.3 Å². The Morgan fingerprint density at radius 1 is 1.19 bits per heavy atom. The van der Waals surface area contributed by atoms with E-state index in [9.17, 15) is 22.8 Å². The molecular formula is C23H33N3O5S. The van der Waals surface area contributed by atoms with Crippen molar-refractivity contribution in [2.75, 3.05) is 18.8 Å². The Morgan fingerprint density at radius 2 is 1.81 bits per heavy atom. The number of benzene rings is 1. The molecule has 1 aliphatic carbocycles. The Kier molecular flexibility index (Phi) is 6.97. The fourth-order valence-electron chi connectivity index (χ4n) is 4.61. The number of hydrogen-bond acceptors (Lipinski definition) is 5. The highest BCUT2D eigenvalue weighted by atomic mass is 32.2. The number of carbonyl (C=O) groups excluding carboxylic acids is 3. The van der Waals surface area contributed by atoms with E-state index in [1.165, 1.54) is 12.1 Å². The van der Waals surface area contributed by atoms with Crippen molar-refractivity contribution in [1.82, 2.24) is 15.5 Å². The molecule has 1 spiro atoms. The molecule has 3 rings (SSSR count). The third-order valence-corrected chi connectivity index (χ3v) is 8.93. The summed E-state index contributed by atoms with van der Waals surface area (Å²) in [5, 5.41) is 5.34. The van der Waals surface area contributed by atoms with E-state index < -0.39 is 33.9 Å². The second kappa shape index (κ2) is 9.21. The fraction of sp³-hybridized carbons (Fsp3) is 0.609. The smallest absolute Gasteiger partial charge is 0.325 e. The van der Waals surface area contributed by atoms with Crippen molar-refractivity contribution in [3.63, 3.8) is 0 Å². The van der Waals surface area contributed by atoms with Crippen molar-refractivity contribution in [3.8, 4) is 0 Å². The highest BCUT2D eigenvalue weighted by molar-refractivity contribution is 7.91. The minimum atomic E-state index is -3.52. The van der Waals surface area contributed by atoms with Crippen LogP contribution in [-0.4, -0.2) is 55.5 Å². The lowest BCUT2D eigenvalue weighted by Gasteiger charge is -2.42. The molecule has 0 bridgehead atoms. The van der Waals surface area contributed by atoms with Crippen LogP contribution < -0.4 is 10.6 Å². The van der Waals surface area contributed by atoms with Gasteiger partial charge in [-0.2, -0.15) is 0 Å². The maximum atomic E-state index is 13.0. The maximum Gasteiger partial charge on any atom is 0.325 e. The molecule has 2 fully saturated rings. The summed E-state index contributed by atoms with van der Waals surface area (Å²) in [5.41, 5.74) is -0.735. The molecule has 2 N–H and O–H groups in total. The zero-order valence-electron chi connectivity index (χ0n) is 19.0. The molecular weight excluding hydrogens is 430 g/mol. The molecule has 1 saturated heterocycles. The van der Waals surface area contributed by atoms with Crippen LogP contribution in [0.15, 0.2) is 35.2 Å². The fourth-order valence-corrected chi connectivity index (χ4v) is 5.79. The third kappa shape index (κ3) is 4.98. The number of carbonyl (C=O) groups is 3. The minimum Gasteiger partial charge on any atom is -0.354 e. The van der Waals surface area contributed by atoms with Gasteiger partial charge in [0.1, 0.15) is 12.1 Å².